The lowest BCUT2D eigenvalue weighted by Crippen LogP contribution is -2.42. The van der Waals surface area contributed by atoms with E-state index in [1.807, 2.05) is 6.07 Å². The van der Waals surface area contributed by atoms with Crippen LogP contribution in [0.4, 0.5) is 0 Å². The highest BCUT2D eigenvalue weighted by Crippen LogP contribution is 2.33. The minimum Gasteiger partial charge on any atom is -0.315 e. The fourth-order valence-corrected chi connectivity index (χ4v) is 4.97. The van der Waals surface area contributed by atoms with Crippen molar-refractivity contribution in [3.8, 4) is 0 Å². The van der Waals surface area contributed by atoms with Crippen LogP contribution in [0.25, 0.3) is 0 Å². The Morgan fingerprint density at radius 2 is 1.74 bits per heavy atom. The molecule has 106 valence electrons. The van der Waals surface area contributed by atoms with Crippen LogP contribution in [0.3, 0.4) is 0 Å². The van der Waals surface area contributed by atoms with E-state index in [0.29, 0.717) is 4.90 Å². The van der Waals surface area contributed by atoms with E-state index in [2.05, 4.69) is 5.32 Å². The predicted octanol–water partition coefficient (Wildman–Crippen LogP) is 1.62. The molecule has 2 fully saturated rings. The molecule has 0 spiro atoms. The molecule has 2 aliphatic heterocycles. The molecular formula is C13H19ClN2O2S. The van der Waals surface area contributed by atoms with E-state index < -0.39 is 10.0 Å². The molecule has 1 aromatic rings. The van der Waals surface area contributed by atoms with Crippen LogP contribution in [0.1, 0.15) is 19.3 Å². The van der Waals surface area contributed by atoms with Gasteiger partial charge in [-0.15, -0.1) is 12.4 Å². The molecule has 2 unspecified atom stereocenters. The van der Waals surface area contributed by atoms with Crippen molar-refractivity contribution in [1.82, 2.24) is 9.62 Å². The molecule has 3 rings (SSSR count). The van der Waals surface area contributed by atoms with Crippen molar-refractivity contribution in [3.63, 3.8) is 0 Å². The van der Waals surface area contributed by atoms with E-state index in [4.69, 9.17) is 0 Å². The maximum Gasteiger partial charge on any atom is 0.243 e. The van der Waals surface area contributed by atoms with Crippen molar-refractivity contribution in [3.05, 3.63) is 30.3 Å². The van der Waals surface area contributed by atoms with Crippen LogP contribution in [-0.4, -0.2) is 37.9 Å². The van der Waals surface area contributed by atoms with Crippen molar-refractivity contribution in [2.24, 2.45) is 0 Å². The summed E-state index contributed by atoms with van der Waals surface area (Å²) >= 11 is 0. The number of rotatable bonds is 2. The molecule has 0 aliphatic carbocycles. The summed E-state index contributed by atoms with van der Waals surface area (Å²) in [6, 6.07) is 9.09. The van der Waals surface area contributed by atoms with E-state index in [-0.39, 0.29) is 24.5 Å². The summed E-state index contributed by atoms with van der Waals surface area (Å²) in [5.41, 5.74) is 0. The van der Waals surface area contributed by atoms with Crippen molar-refractivity contribution < 1.29 is 8.42 Å². The Morgan fingerprint density at radius 1 is 1.05 bits per heavy atom. The van der Waals surface area contributed by atoms with Gasteiger partial charge in [-0.3, -0.25) is 0 Å². The lowest BCUT2D eigenvalue weighted by Gasteiger charge is -2.26. The molecule has 0 aromatic heterocycles. The standard InChI is InChI=1S/C13H18N2O2S.ClH/c16-18(17,13-4-2-1-3-5-13)15-11-6-7-12(15)10-14-9-8-11;/h1-5,11-12,14H,6-10H2;1H. The number of halogens is 1. The Kier molecular flexibility index (Phi) is 4.50. The number of sulfonamides is 1. The third-order valence-electron chi connectivity index (χ3n) is 3.91. The SMILES string of the molecule is Cl.O=S(=O)(c1ccccc1)N1C2CCNCC1CC2. The molecule has 19 heavy (non-hydrogen) atoms. The van der Waals surface area contributed by atoms with Crippen molar-refractivity contribution in [1.29, 1.82) is 0 Å². The Hall–Kier alpha value is -0.620. The molecule has 2 aliphatic rings. The summed E-state index contributed by atoms with van der Waals surface area (Å²) in [6.45, 7) is 1.70. The zero-order valence-corrected chi connectivity index (χ0v) is 12.3. The summed E-state index contributed by atoms with van der Waals surface area (Å²) < 4.78 is 27.2. The molecule has 0 saturated carbocycles. The molecule has 1 N–H and O–H groups in total. The van der Waals surface area contributed by atoms with Gasteiger partial charge in [-0.25, -0.2) is 8.42 Å². The maximum absolute atomic E-state index is 12.7. The summed E-state index contributed by atoms with van der Waals surface area (Å²) in [7, 11) is -3.33. The maximum atomic E-state index is 12.7. The molecular weight excluding hydrogens is 284 g/mol. The molecule has 2 atom stereocenters. The molecule has 2 heterocycles. The molecule has 2 bridgehead atoms. The van der Waals surface area contributed by atoms with Crippen molar-refractivity contribution in [2.45, 2.75) is 36.2 Å². The molecule has 1 aromatic carbocycles. The van der Waals surface area contributed by atoms with E-state index in [0.717, 1.165) is 32.4 Å². The van der Waals surface area contributed by atoms with Gasteiger partial charge in [0.15, 0.2) is 0 Å². The smallest absolute Gasteiger partial charge is 0.243 e. The first-order chi connectivity index (χ1) is 8.69. The number of hydrogen-bond donors (Lipinski definition) is 1. The number of benzene rings is 1. The minimum absolute atomic E-state index is 0. The van der Waals surface area contributed by atoms with Gasteiger partial charge in [0.1, 0.15) is 0 Å². The average molecular weight is 303 g/mol. The average Bonchev–Trinajstić information content (AvgIpc) is 2.64. The third-order valence-corrected chi connectivity index (χ3v) is 5.93. The molecule has 4 nitrogen and oxygen atoms in total. The number of fused-ring (bicyclic) bond motifs is 2. The monoisotopic (exact) mass is 302 g/mol. The topological polar surface area (TPSA) is 49.4 Å². The summed E-state index contributed by atoms with van der Waals surface area (Å²) in [5.74, 6) is 0. The summed E-state index contributed by atoms with van der Waals surface area (Å²) in [4.78, 5) is 0.420. The highest BCUT2D eigenvalue weighted by Gasteiger charge is 2.42. The lowest BCUT2D eigenvalue weighted by molar-refractivity contribution is 0.334. The Morgan fingerprint density at radius 3 is 2.47 bits per heavy atom. The number of hydrogen-bond acceptors (Lipinski definition) is 3. The van der Waals surface area contributed by atoms with Gasteiger partial charge in [0.2, 0.25) is 10.0 Å². The molecule has 0 radical (unpaired) electrons. The largest absolute Gasteiger partial charge is 0.315 e. The van der Waals surface area contributed by atoms with E-state index in [9.17, 15) is 8.42 Å². The predicted molar refractivity (Wildman–Crippen MR) is 77.0 cm³/mol. The normalized spacial score (nSPS) is 27.6. The number of nitrogens with zero attached hydrogens (tertiary/aromatic N) is 1. The molecule has 6 heteroatoms. The van der Waals surface area contributed by atoms with Crippen molar-refractivity contribution in [2.75, 3.05) is 13.1 Å². The van der Waals surface area contributed by atoms with E-state index in [1.165, 1.54) is 0 Å². The highest BCUT2D eigenvalue weighted by molar-refractivity contribution is 7.89. The van der Waals surface area contributed by atoms with Gasteiger partial charge in [0.05, 0.1) is 4.90 Å². The van der Waals surface area contributed by atoms with Crippen LogP contribution in [0.5, 0.6) is 0 Å². The van der Waals surface area contributed by atoms with Gasteiger partial charge in [0, 0.05) is 18.6 Å². The fourth-order valence-electron chi connectivity index (χ4n) is 3.05. The Balaban J connectivity index is 0.00000133. The fraction of sp³-hybridized carbons (Fsp3) is 0.538. The minimum atomic E-state index is -3.33. The second-order valence-electron chi connectivity index (χ2n) is 5.03. The zero-order chi connectivity index (χ0) is 12.6. The Bertz CT molecular complexity index is 507. The van der Waals surface area contributed by atoms with E-state index in [1.54, 1.807) is 28.6 Å². The van der Waals surface area contributed by atoms with Crippen LogP contribution in [-0.2, 0) is 10.0 Å². The van der Waals surface area contributed by atoms with Crippen LogP contribution in [0.15, 0.2) is 35.2 Å². The Labute approximate surface area is 120 Å². The highest BCUT2D eigenvalue weighted by atomic mass is 35.5. The first-order valence-electron chi connectivity index (χ1n) is 6.49. The van der Waals surface area contributed by atoms with E-state index >= 15 is 0 Å². The van der Waals surface area contributed by atoms with Gasteiger partial charge in [-0.1, -0.05) is 18.2 Å². The quantitative estimate of drug-likeness (QED) is 0.903. The summed E-state index contributed by atoms with van der Waals surface area (Å²) in [5, 5.41) is 3.33. The second-order valence-corrected chi connectivity index (χ2v) is 6.87. The van der Waals surface area contributed by atoms with Gasteiger partial charge < -0.3 is 5.32 Å². The van der Waals surface area contributed by atoms with Gasteiger partial charge in [0.25, 0.3) is 0 Å². The van der Waals surface area contributed by atoms with Crippen LogP contribution in [0.2, 0.25) is 0 Å². The first-order valence-corrected chi connectivity index (χ1v) is 7.93. The number of nitrogens with one attached hydrogen (secondary N) is 1. The van der Waals surface area contributed by atoms with Crippen LogP contribution in [0, 0.1) is 0 Å². The second kappa shape index (κ2) is 5.79. The van der Waals surface area contributed by atoms with Gasteiger partial charge in [-0.05, 0) is 37.9 Å². The molecule has 0 amide bonds. The first kappa shape index (κ1) is 14.8. The lowest BCUT2D eigenvalue weighted by atomic mass is 10.1. The van der Waals surface area contributed by atoms with Crippen LogP contribution >= 0.6 is 12.4 Å². The van der Waals surface area contributed by atoms with Crippen LogP contribution < -0.4 is 5.32 Å². The van der Waals surface area contributed by atoms with Gasteiger partial charge >= 0.3 is 0 Å². The zero-order valence-electron chi connectivity index (χ0n) is 10.7. The van der Waals surface area contributed by atoms with Gasteiger partial charge in [-0.2, -0.15) is 4.31 Å². The van der Waals surface area contributed by atoms with Crippen molar-refractivity contribution >= 4 is 22.4 Å². The molecule has 2 saturated heterocycles. The summed E-state index contributed by atoms with van der Waals surface area (Å²) in [6.07, 6.45) is 2.89. The third kappa shape index (κ3) is 2.65.